The largest absolute Gasteiger partial charge is 0.484 e. The summed E-state index contributed by atoms with van der Waals surface area (Å²) >= 11 is 3.28. The van der Waals surface area contributed by atoms with Gasteiger partial charge >= 0.3 is 0 Å². The van der Waals surface area contributed by atoms with Crippen molar-refractivity contribution in [1.82, 2.24) is 5.43 Å². The van der Waals surface area contributed by atoms with Crippen LogP contribution in [0.4, 0.5) is 8.78 Å². The fraction of sp³-hybridized carbons (Fsp3) is 0.0667. The number of carbonyl (C=O) groups is 1. The molecule has 0 fully saturated rings. The normalized spacial score (nSPS) is 10.7. The quantitative estimate of drug-likeness (QED) is 0.650. The van der Waals surface area contributed by atoms with Crippen molar-refractivity contribution in [2.45, 2.75) is 0 Å². The van der Waals surface area contributed by atoms with Gasteiger partial charge in [-0.2, -0.15) is 5.10 Å². The van der Waals surface area contributed by atoms with Crippen LogP contribution in [0.15, 0.2) is 52.0 Å². The fourth-order valence-corrected chi connectivity index (χ4v) is 1.90. The summed E-state index contributed by atoms with van der Waals surface area (Å²) in [5.41, 5.74) is 2.26. The lowest BCUT2D eigenvalue weighted by atomic mass is 10.2. The number of nitrogens with one attached hydrogen (secondary N) is 1. The molecular formula is C15H11BrF2N2O2. The molecule has 0 heterocycles. The van der Waals surface area contributed by atoms with Crippen LogP contribution in [0.5, 0.6) is 5.75 Å². The van der Waals surface area contributed by atoms with Gasteiger partial charge in [0.2, 0.25) is 0 Å². The van der Waals surface area contributed by atoms with Crippen molar-refractivity contribution in [2.24, 2.45) is 5.10 Å². The van der Waals surface area contributed by atoms with Crippen molar-refractivity contribution in [3.63, 3.8) is 0 Å². The molecule has 0 saturated carbocycles. The molecule has 114 valence electrons. The SMILES string of the molecule is O=C(COc1cccc(Br)c1)N/N=C\c1ccc(F)cc1F. The number of hydrazone groups is 1. The monoisotopic (exact) mass is 368 g/mol. The third kappa shape index (κ3) is 4.92. The van der Waals surface area contributed by atoms with Crippen LogP contribution in [0.2, 0.25) is 0 Å². The number of amides is 1. The second-order valence-electron chi connectivity index (χ2n) is 4.21. The van der Waals surface area contributed by atoms with Gasteiger partial charge in [0.15, 0.2) is 6.61 Å². The maximum atomic E-state index is 13.3. The molecule has 1 N–H and O–H groups in total. The number of carbonyl (C=O) groups excluding carboxylic acids is 1. The standard InChI is InChI=1S/C15H11BrF2N2O2/c16-11-2-1-3-13(6-11)22-9-15(21)20-19-8-10-4-5-12(17)7-14(10)18/h1-8H,9H2,(H,20,21)/b19-8-. The van der Waals surface area contributed by atoms with Crippen LogP contribution in [0, 0.1) is 11.6 Å². The summed E-state index contributed by atoms with van der Waals surface area (Å²) < 4.78 is 32.1. The van der Waals surface area contributed by atoms with Gasteiger partial charge in [0.25, 0.3) is 5.91 Å². The maximum Gasteiger partial charge on any atom is 0.277 e. The van der Waals surface area contributed by atoms with Crippen molar-refractivity contribution in [3.8, 4) is 5.75 Å². The van der Waals surface area contributed by atoms with E-state index in [1.165, 1.54) is 6.07 Å². The highest BCUT2D eigenvalue weighted by atomic mass is 79.9. The number of hydrogen-bond acceptors (Lipinski definition) is 3. The molecule has 2 aromatic rings. The Morgan fingerprint density at radius 2 is 2.09 bits per heavy atom. The average molecular weight is 369 g/mol. The highest BCUT2D eigenvalue weighted by molar-refractivity contribution is 9.10. The Hall–Kier alpha value is -2.28. The Labute approximate surface area is 133 Å². The average Bonchev–Trinajstić information content (AvgIpc) is 2.47. The van der Waals surface area contributed by atoms with Crippen LogP contribution >= 0.6 is 15.9 Å². The van der Waals surface area contributed by atoms with E-state index >= 15 is 0 Å². The van der Waals surface area contributed by atoms with Crippen molar-refractivity contribution in [1.29, 1.82) is 0 Å². The molecule has 0 saturated heterocycles. The van der Waals surface area contributed by atoms with Crippen LogP contribution in [0.1, 0.15) is 5.56 Å². The molecule has 2 rings (SSSR count). The molecule has 0 bridgehead atoms. The minimum atomic E-state index is -0.761. The number of hydrogen-bond donors (Lipinski definition) is 1. The zero-order chi connectivity index (χ0) is 15.9. The Balaban J connectivity index is 1.83. The van der Waals surface area contributed by atoms with Crippen LogP contribution < -0.4 is 10.2 Å². The number of ether oxygens (including phenoxy) is 1. The molecule has 0 spiro atoms. The van der Waals surface area contributed by atoms with E-state index in [0.717, 1.165) is 22.8 Å². The van der Waals surface area contributed by atoms with Crippen molar-refractivity contribution >= 4 is 28.1 Å². The van der Waals surface area contributed by atoms with Gasteiger partial charge in [0.1, 0.15) is 17.4 Å². The molecule has 4 nitrogen and oxygen atoms in total. The third-order valence-corrected chi connectivity index (χ3v) is 3.01. The van der Waals surface area contributed by atoms with E-state index in [1.807, 2.05) is 6.07 Å². The minimum Gasteiger partial charge on any atom is -0.484 e. The summed E-state index contributed by atoms with van der Waals surface area (Å²) in [6.07, 6.45) is 1.09. The molecule has 0 aromatic heterocycles. The molecule has 7 heteroatoms. The van der Waals surface area contributed by atoms with E-state index in [2.05, 4.69) is 26.5 Å². The first-order chi connectivity index (χ1) is 10.5. The zero-order valence-electron chi connectivity index (χ0n) is 11.2. The zero-order valence-corrected chi connectivity index (χ0v) is 12.8. The Morgan fingerprint density at radius 3 is 2.82 bits per heavy atom. The number of halogens is 3. The molecule has 0 atom stereocenters. The van der Waals surface area contributed by atoms with Gasteiger partial charge in [0, 0.05) is 16.1 Å². The van der Waals surface area contributed by atoms with Crippen LogP contribution in [-0.2, 0) is 4.79 Å². The first-order valence-electron chi connectivity index (χ1n) is 6.20. The van der Waals surface area contributed by atoms with E-state index in [-0.39, 0.29) is 12.2 Å². The van der Waals surface area contributed by atoms with E-state index in [1.54, 1.807) is 18.2 Å². The first kappa shape index (κ1) is 16.1. The van der Waals surface area contributed by atoms with Gasteiger partial charge in [-0.1, -0.05) is 22.0 Å². The summed E-state index contributed by atoms with van der Waals surface area (Å²) in [5.74, 6) is -1.42. The molecule has 0 aliphatic rings. The summed E-state index contributed by atoms with van der Waals surface area (Å²) in [6, 6.07) is 10.1. The van der Waals surface area contributed by atoms with Gasteiger partial charge in [-0.25, -0.2) is 14.2 Å². The van der Waals surface area contributed by atoms with Gasteiger partial charge < -0.3 is 4.74 Å². The highest BCUT2D eigenvalue weighted by Crippen LogP contribution is 2.17. The Morgan fingerprint density at radius 1 is 1.27 bits per heavy atom. The van der Waals surface area contributed by atoms with Crippen LogP contribution in [0.25, 0.3) is 0 Å². The minimum absolute atomic E-state index is 0.0645. The number of rotatable bonds is 5. The topological polar surface area (TPSA) is 50.7 Å². The lowest BCUT2D eigenvalue weighted by Crippen LogP contribution is -2.24. The molecule has 0 aliphatic heterocycles. The van der Waals surface area contributed by atoms with Gasteiger partial charge in [0.05, 0.1) is 6.21 Å². The Bertz CT molecular complexity index is 708. The molecule has 0 radical (unpaired) electrons. The fourth-order valence-electron chi connectivity index (χ4n) is 1.52. The lowest BCUT2D eigenvalue weighted by Gasteiger charge is -2.05. The first-order valence-corrected chi connectivity index (χ1v) is 6.99. The molecule has 0 unspecified atom stereocenters. The second kappa shape index (κ2) is 7.65. The maximum absolute atomic E-state index is 13.3. The number of benzene rings is 2. The van der Waals surface area contributed by atoms with E-state index < -0.39 is 17.5 Å². The van der Waals surface area contributed by atoms with Crippen LogP contribution in [-0.4, -0.2) is 18.7 Å². The summed E-state index contributed by atoms with van der Waals surface area (Å²) in [6.45, 7) is -0.236. The van der Waals surface area contributed by atoms with E-state index in [9.17, 15) is 13.6 Å². The van der Waals surface area contributed by atoms with Gasteiger partial charge in [-0.3, -0.25) is 4.79 Å². The lowest BCUT2D eigenvalue weighted by molar-refractivity contribution is -0.123. The highest BCUT2D eigenvalue weighted by Gasteiger charge is 2.03. The van der Waals surface area contributed by atoms with Crippen LogP contribution in [0.3, 0.4) is 0 Å². The van der Waals surface area contributed by atoms with Gasteiger partial charge in [-0.05, 0) is 30.3 Å². The molecule has 0 aliphatic carbocycles. The molecule has 1 amide bonds. The van der Waals surface area contributed by atoms with Crippen molar-refractivity contribution < 1.29 is 18.3 Å². The second-order valence-corrected chi connectivity index (χ2v) is 5.12. The van der Waals surface area contributed by atoms with Crippen molar-refractivity contribution in [3.05, 3.63) is 64.1 Å². The summed E-state index contributed by atoms with van der Waals surface area (Å²) in [5, 5.41) is 3.59. The Kier molecular flexibility index (Phi) is 5.60. The smallest absolute Gasteiger partial charge is 0.277 e. The summed E-state index contributed by atoms with van der Waals surface area (Å²) in [7, 11) is 0. The summed E-state index contributed by atoms with van der Waals surface area (Å²) in [4.78, 5) is 11.5. The van der Waals surface area contributed by atoms with E-state index in [4.69, 9.17) is 4.74 Å². The number of nitrogens with zero attached hydrogens (tertiary/aromatic N) is 1. The predicted molar refractivity (Wildman–Crippen MR) is 81.7 cm³/mol. The predicted octanol–water partition coefficient (Wildman–Crippen LogP) is 3.26. The molecule has 22 heavy (non-hydrogen) atoms. The van der Waals surface area contributed by atoms with Gasteiger partial charge in [-0.15, -0.1) is 0 Å². The van der Waals surface area contributed by atoms with Crippen molar-refractivity contribution in [2.75, 3.05) is 6.61 Å². The third-order valence-electron chi connectivity index (χ3n) is 2.52. The molecule has 2 aromatic carbocycles. The molecular weight excluding hydrogens is 358 g/mol. The van der Waals surface area contributed by atoms with E-state index in [0.29, 0.717) is 5.75 Å².